The number of ether oxygens (including phenoxy) is 5. The Labute approximate surface area is 195 Å². The number of nitrogens with zero attached hydrogens (tertiary/aromatic N) is 2. The van der Waals surface area contributed by atoms with Crippen LogP contribution in [0.2, 0.25) is 0 Å². The van der Waals surface area contributed by atoms with E-state index in [2.05, 4.69) is 11.6 Å². The SMILES string of the molecule is C=CCn1c(=NC(=O)c2cc(OCC)c(OCC)c(OCC)c2)sc2cc3c(cc21)OCO3. The Morgan fingerprint density at radius 2 is 1.70 bits per heavy atom. The molecule has 174 valence electrons. The summed E-state index contributed by atoms with van der Waals surface area (Å²) < 4.78 is 31.0. The first kappa shape index (κ1) is 22.7. The zero-order valence-corrected chi connectivity index (χ0v) is 19.7. The van der Waals surface area contributed by atoms with Crippen LogP contribution >= 0.6 is 11.3 Å². The molecule has 0 saturated heterocycles. The van der Waals surface area contributed by atoms with Gasteiger partial charge in [-0.15, -0.1) is 6.58 Å². The molecule has 0 radical (unpaired) electrons. The van der Waals surface area contributed by atoms with Gasteiger partial charge in [-0.05, 0) is 32.9 Å². The summed E-state index contributed by atoms with van der Waals surface area (Å²) >= 11 is 1.40. The van der Waals surface area contributed by atoms with E-state index in [1.807, 2.05) is 37.5 Å². The average Bonchev–Trinajstić information content (AvgIpc) is 3.38. The van der Waals surface area contributed by atoms with Crippen molar-refractivity contribution < 1.29 is 28.5 Å². The van der Waals surface area contributed by atoms with E-state index in [1.165, 1.54) is 11.3 Å². The third-order valence-corrected chi connectivity index (χ3v) is 5.88. The van der Waals surface area contributed by atoms with Crippen LogP contribution in [0.25, 0.3) is 10.2 Å². The predicted octanol–water partition coefficient (Wildman–Crippen LogP) is 4.55. The molecule has 33 heavy (non-hydrogen) atoms. The minimum Gasteiger partial charge on any atom is -0.490 e. The minimum atomic E-state index is -0.413. The normalized spacial score (nSPS) is 12.8. The molecule has 0 atom stereocenters. The standard InChI is InChI=1S/C24H26N2O6S/c1-5-9-26-16-12-17-18(32-14-31-17)13-21(16)33-24(26)25-23(27)15-10-19(28-6-2)22(30-8-4)20(11-15)29-7-3/h5,10-13H,1,6-9,14H2,2-4H3. The van der Waals surface area contributed by atoms with Crippen molar-refractivity contribution in [2.45, 2.75) is 27.3 Å². The van der Waals surface area contributed by atoms with E-state index in [4.69, 9.17) is 23.7 Å². The molecule has 0 saturated carbocycles. The van der Waals surface area contributed by atoms with Crippen LogP contribution in [0.15, 0.2) is 41.9 Å². The maximum absolute atomic E-state index is 13.2. The Morgan fingerprint density at radius 1 is 1.06 bits per heavy atom. The topological polar surface area (TPSA) is 80.5 Å². The summed E-state index contributed by atoms with van der Waals surface area (Å²) in [5, 5.41) is 0. The molecule has 0 spiro atoms. The van der Waals surface area contributed by atoms with Crippen LogP contribution in [0.5, 0.6) is 28.7 Å². The molecule has 1 aromatic heterocycles. The summed E-state index contributed by atoms with van der Waals surface area (Å²) in [6.07, 6.45) is 1.76. The first-order valence-corrected chi connectivity index (χ1v) is 11.6. The molecular weight excluding hydrogens is 444 g/mol. The van der Waals surface area contributed by atoms with Crippen molar-refractivity contribution in [2.75, 3.05) is 26.6 Å². The zero-order chi connectivity index (χ0) is 23.4. The van der Waals surface area contributed by atoms with Crippen molar-refractivity contribution in [3.05, 3.63) is 47.3 Å². The highest BCUT2D eigenvalue weighted by Crippen LogP contribution is 2.40. The number of carbonyl (C=O) groups excluding carboxylic acids is 1. The van der Waals surface area contributed by atoms with Gasteiger partial charge in [0.05, 0.1) is 30.0 Å². The smallest absolute Gasteiger partial charge is 0.279 e. The van der Waals surface area contributed by atoms with Gasteiger partial charge in [-0.1, -0.05) is 17.4 Å². The molecular formula is C24H26N2O6S. The minimum absolute atomic E-state index is 0.200. The first-order valence-electron chi connectivity index (χ1n) is 10.8. The molecule has 8 nitrogen and oxygen atoms in total. The summed E-state index contributed by atoms with van der Waals surface area (Å²) in [6.45, 7) is 11.4. The van der Waals surface area contributed by atoms with Gasteiger partial charge in [0.1, 0.15) is 0 Å². The molecule has 2 heterocycles. The molecule has 0 unspecified atom stereocenters. The van der Waals surface area contributed by atoms with Crippen molar-refractivity contribution in [1.29, 1.82) is 0 Å². The molecule has 2 aromatic carbocycles. The van der Waals surface area contributed by atoms with Crippen LogP contribution < -0.4 is 28.5 Å². The Bertz CT molecular complexity index is 1230. The van der Waals surface area contributed by atoms with Gasteiger partial charge >= 0.3 is 0 Å². The van der Waals surface area contributed by atoms with Crippen molar-refractivity contribution in [1.82, 2.24) is 4.57 Å². The van der Waals surface area contributed by atoms with Gasteiger partial charge in [-0.2, -0.15) is 4.99 Å². The average molecular weight is 471 g/mol. The van der Waals surface area contributed by atoms with Crippen molar-refractivity contribution in [2.24, 2.45) is 4.99 Å². The van der Waals surface area contributed by atoms with Gasteiger partial charge < -0.3 is 28.3 Å². The predicted molar refractivity (Wildman–Crippen MR) is 126 cm³/mol. The summed E-state index contributed by atoms with van der Waals surface area (Å²) in [5.74, 6) is 2.32. The summed E-state index contributed by atoms with van der Waals surface area (Å²) in [4.78, 5) is 18.2. The van der Waals surface area contributed by atoms with E-state index in [0.29, 0.717) is 65.5 Å². The lowest BCUT2D eigenvalue weighted by Gasteiger charge is -2.16. The Kier molecular flexibility index (Phi) is 6.88. The summed E-state index contributed by atoms with van der Waals surface area (Å²) in [6, 6.07) is 7.09. The van der Waals surface area contributed by atoms with Crippen molar-refractivity contribution >= 4 is 27.5 Å². The van der Waals surface area contributed by atoms with Gasteiger partial charge in [0.2, 0.25) is 12.5 Å². The fourth-order valence-electron chi connectivity index (χ4n) is 3.51. The number of carbonyl (C=O) groups is 1. The number of benzene rings is 2. The number of amides is 1. The van der Waals surface area contributed by atoms with E-state index in [9.17, 15) is 4.79 Å². The molecule has 4 rings (SSSR count). The number of hydrogen-bond acceptors (Lipinski definition) is 7. The largest absolute Gasteiger partial charge is 0.490 e. The third-order valence-electron chi connectivity index (χ3n) is 4.84. The van der Waals surface area contributed by atoms with Crippen LogP contribution in [-0.2, 0) is 6.54 Å². The third kappa shape index (κ3) is 4.54. The maximum Gasteiger partial charge on any atom is 0.279 e. The molecule has 0 fully saturated rings. The van der Waals surface area contributed by atoms with Gasteiger partial charge in [-0.25, -0.2) is 0 Å². The highest BCUT2D eigenvalue weighted by Gasteiger charge is 2.20. The molecule has 0 bridgehead atoms. The quantitative estimate of drug-likeness (QED) is 0.427. The number of allylic oxidation sites excluding steroid dienone is 1. The van der Waals surface area contributed by atoms with Crippen LogP contribution in [0.1, 0.15) is 31.1 Å². The van der Waals surface area contributed by atoms with Crippen LogP contribution in [-0.4, -0.2) is 37.1 Å². The second kappa shape index (κ2) is 9.99. The Morgan fingerprint density at radius 3 is 2.30 bits per heavy atom. The van der Waals surface area contributed by atoms with E-state index in [1.54, 1.807) is 18.2 Å². The van der Waals surface area contributed by atoms with Crippen molar-refractivity contribution in [3.8, 4) is 28.7 Å². The number of aromatic nitrogens is 1. The molecule has 9 heteroatoms. The molecule has 1 aliphatic rings. The van der Waals surface area contributed by atoms with E-state index in [0.717, 1.165) is 10.2 Å². The lowest BCUT2D eigenvalue weighted by molar-refractivity contribution is 0.0996. The fourth-order valence-corrected chi connectivity index (χ4v) is 4.56. The highest BCUT2D eigenvalue weighted by atomic mass is 32.1. The summed E-state index contributed by atoms with van der Waals surface area (Å²) in [5.41, 5.74) is 1.24. The van der Waals surface area contributed by atoms with Gasteiger partial charge in [0.15, 0.2) is 27.8 Å². The lowest BCUT2D eigenvalue weighted by atomic mass is 10.1. The van der Waals surface area contributed by atoms with E-state index < -0.39 is 5.91 Å². The van der Waals surface area contributed by atoms with Gasteiger partial charge in [0, 0.05) is 24.2 Å². The number of thiazole rings is 1. The number of hydrogen-bond donors (Lipinski definition) is 0. The Hall–Kier alpha value is -3.46. The second-order valence-electron chi connectivity index (χ2n) is 6.97. The van der Waals surface area contributed by atoms with E-state index >= 15 is 0 Å². The van der Waals surface area contributed by atoms with Crippen LogP contribution in [0.3, 0.4) is 0 Å². The Balaban J connectivity index is 1.82. The summed E-state index contributed by atoms with van der Waals surface area (Å²) in [7, 11) is 0. The zero-order valence-electron chi connectivity index (χ0n) is 18.9. The molecule has 1 amide bonds. The molecule has 0 N–H and O–H groups in total. The van der Waals surface area contributed by atoms with Gasteiger partial charge in [-0.3, -0.25) is 4.79 Å². The number of fused-ring (bicyclic) bond motifs is 2. The first-order chi connectivity index (χ1) is 16.1. The molecule has 0 aliphatic carbocycles. The fraction of sp³-hybridized carbons (Fsp3) is 0.333. The van der Waals surface area contributed by atoms with Crippen LogP contribution in [0, 0.1) is 0 Å². The van der Waals surface area contributed by atoms with Crippen LogP contribution in [0.4, 0.5) is 0 Å². The van der Waals surface area contributed by atoms with Gasteiger partial charge in [0.25, 0.3) is 5.91 Å². The monoisotopic (exact) mass is 470 g/mol. The lowest BCUT2D eigenvalue weighted by Crippen LogP contribution is -2.16. The van der Waals surface area contributed by atoms with Crippen molar-refractivity contribution in [3.63, 3.8) is 0 Å². The molecule has 1 aliphatic heterocycles. The maximum atomic E-state index is 13.2. The highest BCUT2D eigenvalue weighted by molar-refractivity contribution is 7.16. The number of rotatable bonds is 9. The molecule has 3 aromatic rings. The second-order valence-corrected chi connectivity index (χ2v) is 7.98. The van der Waals surface area contributed by atoms with E-state index in [-0.39, 0.29) is 6.79 Å².